The quantitative estimate of drug-likeness (QED) is 0.735. The molecule has 0 aromatic heterocycles. The van der Waals surface area contributed by atoms with Gasteiger partial charge in [0.1, 0.15) is 5.78 Å². The number of likely N-dealkylation sites (tertiary alicyclic amines) is 1. The minimum Gasteiger partial charge on any atom is -0.389 e. The van der Waals surface area contributed by atoms with Gasteiger partial charge in [0.2, 0.25) is 0 Å². The number of aliphatic hydroxyl groups excluding tert-OH is 2. The molecule has 0 bridgehead atoms. The zero-order chi connectivity index (χ0) is 12.6. The van der Waals surface area contributed by atoms with Gasteiger partial charge in [0.05, 0.1) is 12.2 Å². The molecule has 1 heterocycles. The lowest BCUT2D eigenvalue weighted by Gasteiger charge is -2.35. The summed E-state index contributed by atoms with van der Waals surface area (Å²) in [5.74, 6) is 0.427. The SMILES string of the molecule is CC1(C)CCC(=O)C(CN2CC(O)C(O)C2)C1. The van der Waals surface area contributed by atoms with E-state index in [2.05, 4.69) is 13.8 Å². The van der Waals surface area contributed by atoms with Crippen LogP contribution in [-0.2, 0) is 4.79 Å². The molecule has 2 aliphatic rings. The molecule has 0 spiro atoms. The van der Waals surface area contributed by atoms with Crippen molar-refractivity contribution in [2.45, 2.75) is 45.3 Å². The summed E-state index contributed by atoms with van der Waals surface area (Å²) in [5, 5.41) is 19.0. The zero-order valence-electron chi connectivity index (χ0n) is 10.7. The largest absolute Gasteiger partial charge is 0.389 e. The third-order valence-corrected chi connectivity index (χ3v) is 4.12. The van der Waals surface area contributed by atoms with Gasteiger partial charge in [-0.15, -0.1) is 0 Å². The van der Waals surface area contributed by atoms with Crippen molar-refractivity contribution in [2.24, 2.45) is 11.3 Å². The number of carbonyl (C=O) groups excluding carboxylic acids is 1. The van der Waals surface area contributed by atoms with Crippen molar-refractivity contribution in [3.05, 3.63) is 0 Å². The first-order valence-corrected chi connectivity index (χ1v) is 6.48. The van der Waals surface area contributed by atoms with Crippen LogP contribution in [0.25, 0.3) is 0 Å². The van der Waals surface area contributed by atoms with Crippen LogP contribution in [0, 0.1) is 11.3 Å². The molecule has 3 atom stereocenters. The van der Waals surface area contributed by atoms with E-state index in [0.29, 0.717) is 31.8 Å². The van der Waals surface area contributed by atoms with Gasteiger partial charge in [-0.05, 0) is 18.3 Å². The van der Waals surface area contributed by atoms with Gasteiger partial charge < -0.3 is 10.2 Å². The topological polar surface area (TPSA) is 60.8 Å². The van der Waals surface area contributed by atoms with E-state index < -0.39 is 12.2 Å². The van der Waals surface area contributed by atoms with Gasteiger partial charge in [0, 0.05) is 32.0 Å². The first-order chi connectivity index (χ1) is 7.87. The summed E-state index contributed by atoms with van der Waals surface area (Å²) in [4.78, 5) is 13.9. The Balaban J connectivity index is 1.92. The molecule has 4 heteroatoms. The average Bonchev–Trinajstić information content (AvgIpc) is 2.52. The Kier molecular flexibility index (Phi) is 3.57. The van der Waals surface area contributed by atoms with E-state index in [9.17, 15) is 15.0 Å². The fraction of sp³-hybridized carbons (Fsp3) is 0.923. The second kappa shape index (κ2) is 4.67. The molecule has 98 valence electrons. The van der Waals surface area contributed by atoms with E-state index >= 15 is 0 Å². The van der Waals surface area contributed by atoms with Crippen LogP contribution in [0.15, 0.2) is 0 Å². The van der Waals surface area contributed by atoms with E-state index in [1.807, 2.05) is 4.90 Å². The Morgan fingerprint density at radius 1 is 1.29 bits per heavy atom. The molecule has 2 fully saturated rings. The molecule has 4 nitrogen and oxygen atoms in total. The Bertz CT molecular complexity index is 293. The van der Waals surface area contributed by atoms with Gasteiger partial charge in [0.15, 0.2) is 0 Å². The number of nitrogens with zero attached hydrogens (tertiary/aromatic N) is 1. The van der Waals surface area contributed by atoms with Crippen LogP contribution in [0.1, 0.15) is 33.1 Å². The van der Waals surface area contributed by atoms with Crippen molar-refractivity contribution in [1.29, 1.82) is 0 Å². The Hall–Kier alpha value is -0.450. The summed E-state index contributed by atoms with van der Waals surface area (Å²) in [6.07, 6.45) is 1.28. The predicted octanol–water partition coefficient (Wildman–Crippen LogP) is 0.419. The van der Waals surface area contributed by atoms with Crippen LogP contribution in [0.3, 0.4) is 0 Å². The lowest BCUT2D eigenvalue weighted by atomic mass is 9.71. The minimum atomic E-state index is -0.651. The van der Waals surface area contributed by atoms with Crippen LogP contribution in [-0.4, -0.2) is 52.7 Å². The van der Waals surface area contributed by atoms with Gasteiger partial charge in [-0.3, -0.25) is 9.69 Å². The molecule has 0 aromatic carbocycles. The highest BCUT2D eigenvalue weighted by Crippen LogP contribution is 2.37. The summed E-state index contributed by atoms with van der Waals surface area (Å²) >= 11 is 0. The maximum Gasteiger partial charge on any atom is 0.137 e. The highest BCUT2D eigenvalue weighted by atomic mass is 16.3. The molecule has 1 aliphatic heterocycles. The predicted molar refractivity (Wildman–Crippen MR) is 64.6 cm³/mol. The first kappa shape index (κ1) is 13.0. The fourth-order valence-corrected chi connectivity index (χ4v) is 3.02. The van der Waals surface area contributed by atoms with Gasteiger partial charge >= 0.3 is 0 Å². The second-order valence-electron chi connectivity index (χ2n) is 6.38. The standard InChI is InChI=1S/C13H23NO3/c1-13(2)4-3-10(15)9(5-13)6-14-7-11(16)12(17)8-14/h9,11-12,16-17H,3-8H2,1-2H3. The molecule has 0 amide bonds. The molecule has 0 radical (unpaired) electrons. The zero-order valence-corrected chi connectivity index (χ0v) is 10.7. The molecule has 3 unspecified atom stereocenters. The number of hydrogen-bond donors (Lipinski definition) is 2. The Labute approximate surface area is 103 Å². The molecular weight excluding hydrogens is 218 g/mol. The van der Waals surface area contributed by atoms with Crippen LogP contribution in [0.4, 0.5) is 0 Å². The normalized spacial score (nSPS) is 38.6. The Morgan fingerprint density at radius 2 is 1.88 bits per heavy atom. The van der Waals surface area contributed by atoms with Crippen molar-refractivity contribution in [3.63, 3.8) is 0 Å². The molecule has 1 saturated heterocycles. The van der Waals surface area contributed by atoms with Crippen LogP contribution < -0.4 is 0 Å². The minimum absolute atomic E-state index is 0.0799. The monoisotopic (exact) mass is 241 g/mol. The third kappa shape index (κ3) is 3.06. The van der Waals surface area contributed by atoms with Crippen molar-refractivity contribution in [3.8, 4) is 0 Å². The van der Waals surface area contributed by atoms with Gasteiger partial charge in [-0.1, -0.05) is 13.8 Å². The molecule has 0 aromatic rings. The van der Waals surface area contributed by atoms with Crippen LogP contribution in [0.2, 0.25) is 0 Å². The van der Waals surface area contributed by atoms with Crippen molar-refractivity contribution in [1.82, 2.24) is 4.90 Å². The highest BCUT2D eigenvalue weighted by Gasteiger charge is 2.37. The fourth-order valence-electron chi connectivity index (χ4n) is 3.02. The third-order valence-electron chi connectivity index (χ3n) is 4.12. The smallest absolute Gasteiger partial charge is 0.137 e. The maximum atomic E-state index is 11.9. The lowest BCUT2D eigenvalue weighted by Crippen LogP contribution is -2.38. The average molecular weight is 241 g/mol. The number of Topliss-reactive ketones (excluding diaryl/α,β-unsaturated/α-hetero) is 1. The summed E-state index contributed by atoms with van der Waals surface area (Å²) in [7, 11) is 0. The van der Waals surface area contributed by atoms with Gasteiger partial charge in [-0.2, -0.15) is 0 Å². The van der Waals surface area contributed by atoms with E-state index in [-0.39, 0.29) is 11.3 Å². The summed E-state index contributed by atoms with van der Waals surface area (Å²) in [6, 6.07) is 0. The van der Waals surface area contributed by atoms with Gasteiger partial charge in [0.25, 0.3) is 0 Å². The first-order valence-electron chi connectivity index (χ1n) is 6.48. The Morgan fingerprint density at radius 3 is 2.47 bits per heavy atom. The van der Waals surface area contributed by atoms with Gasteiger partial charge in [-0.25, -0.2) is 0 Å². The molecule has 17 heavy (non-hydrogen) atoms. The highest BCUT2D eigenvalue weighted by molar-refractivity contribution is 5.82. The van der Waals surface area contributed by atoms with Crippen molar-refractivity contribution >= 4 is 5.78 Å². The molecule has 1 aliphatic carbocycles. The van der Waals surface area contributed by atoms with Crippen molar-refractivity contribution < 1.29 is 15.0 Å². The number of β-amino-alcohol motifs (C(OH)–C–C–N with tert-alkyl or cyclic N) is 2. The molecule has 2 rings (SSSR count). The van der Waals surface area contributed by atoms with E-state index in [1.54, 1.807) is 0 Å². The van der Waals surface area contributed by atoms with E-state index in [1.165, 1.54) is 0 Å². The number of ketones is 1. The molecule has 1 saturated carbocycles. The second-order valence-corrected chi connectivity index (χ2v) is 6.38. The summed E-state index contributed by atoms with van der Waals surface area (Å²) in [5.41, 5.74) is 0.246. The van der Waals surface area contributed by atoms with Crippen LogP contribution >= 0.6 is 0 Å². The molecule has 2 N–H and O–H groups in total. The number of rotatable bonds is 2. The van der Waals surface area contributed by atoms with Crippen molar-refractivity contribution in [2.75, 3.05) is 19.6 Å². The number of hydrogen-bond acceptors (Lipinski definition) is 4. The lowest BCUT2D eigenvalue weighted by molar-refractivity contribution is -0.127. The number of carbonyl (C=O) groups is 1. The van der Waals surface area contributed by atoms with Crippen LogP contribution in [0.5, 0.6) is 0 Å². The van der Waals surface area contributed by atoms with E-state index in [4.69, 9.17) is 0 Å². The summed E-state index contributed by atoms with van der Waals surface area (Å²) in [6.45, 7) is 6.09. The molecular formula is C13H23NO3. The summed E-state index contributed by atoms with van der Waals surface area (Å²) < 4.78 is 0. The maximum absolute atomic E-state index is 11.9. The number of aliphatic hydroxyl groups is 2. The van der Waals surface area contributed by atoms with E-state index in [0.717, 1.165) is 12.8 Å².